The Morgan fingerprint density at radius 3 is 2.88 bits per heavy atom. The summed E-state index contributed by atoms with van der Waals surface area (Å²) >= 11 is 0. The molecule has 4 rings (SSSR count). The SMILES string of the molecule is COc1ccc(-c2ccnn2CCN(C(=O)O)c2cccc(F)c2)cc1O[C@@H]1CCOC1. The van der Waals surface area contributed by atoms with Gasteiger partial charge in [0.05, 0.1) is 32.6 Å². The molecule has 1 amide bonds. The van der Waals surface area contributed by atoms with Gasteiger partial charge in [0, 0.05) is 30.4 Å². The maximum Gasteiger partial charge on any atom is 0.411 e. The van der Waals surface area contributed by atoms with Gasteiger partial charge in [-0.05, 0) is 42.5 Å². The maximum atomic E-state index is 13.6. The van der Waals surface area contributed by atoms with Crippen LogP contribution in [0, 0.1) is 5.82 Å². The van der Waals surface area contributed by atoms with Gasteiger partial charge in [0.15, 0.2) is 11.5 Å². The lowest BCUT2D eigenvalue weighted by atomic mass is 10.1. The molecule has 168 valence electrons. The number of benzene rings is 2. The predicted molar refractivity (Wildman–Crippen MR) is 116 cm³/mol. The zero-order valence-corrected chi connectivity index (χ0v) is 17.6. The molecule has 0 unspecified atom stereocenters. The average molecular weight is 441 g/mol. The van der Waals surface area contributed by atoms with E-state index >= 15 is 0 Å². The number of methoxy groups -OCH3 is 1. The first-order valence-corrected chi connectivity index (χ1v) is 10.3. The standard InChI is InChI=1S/C23H24FN3O5/c1-30-21-6-5-16(13-22(21)32-19-8-12-31-15-19)20-7-9-25-27(20)11-10-26(23(28)29)18-4-2-3-17(24)14-18/h2-7,9,13-14,19H,8,10-12,15H2,1H3,(H,28,29)/t19-/m1/s1. The van der Waals surface area contributed by atoms with Gasteiger partial charge in [-0.3, -0.25) is 9.58 Å². The Kier molecular flexibility index (Phi) is 6.55. The minimum absolute atomic E-state index is 0.0283. The van der Waals surface area contributed by atoms with Crippen molar-refractivity contribution in [1.29, 1.82) is 0 Å². The van der Waals surface area contributed by atoms with Crippen molar-refractivity contribution in [3.8, 4) is 22.8 Å². The zero-order chi connectivity index (χ0) is 22.5. The van der Waals surface area contributed by atoms with Crippen molar-refractivity contribution in [2.75, 3.05) is 31.8 Å². The predicted octanol–water partition coefficient (Wildman–Crippen LogP) is 4.05. The molecule has 1 aromatic heterocycles. The maximum absolute atomic E-state index is 13.6. The minimum Gasteiger partial charge on any atom is -0.493 e. The molecule has 2 aromatic carbocycles. The highest BCUT2D eigenvalue weighted by Crippen LogP contribution is 2.34. The molecule has 32 heavy (non-hydrogen) atoms. The molecule has 1 aliphatic rings. The summed E-state index contributed by atoms with van der Waals surface area (Å²) < 4.78 is 32.2. The molecule has 9 heteroatoms. The second-order valence-corrected chi connectivity index (χ2v) is 7.32. The van der Waals surface area contributed by atoms with Crippen molar-refractivity contribution in [3.63, 3.8) is 0 Å². The lowest BCUT2D eigenvalue weighted by molar-refractivity contribution is 0.138. The molecule has 0 radical (unpaired) electrons. The monoisotopic (exact) mass is 441 g/mol. The lowest BCUT2D eigenvalue weighted by Crippen LogP contribution is -2.32. The number of amides is 1. The van der Waals surface area contributed by atoms with E-state index in [1.807, 2.05) is 24.3 Å². The summed E-state index contributed by atoms with van der Waals surface area (Å²) in [4.78, 5) is 12.8. The average Bonchev–Trinajstić information content (AvgIpc) is 3.46. The quantitative estimate of drug-likeness (QED) is 0.568. The highest BCUT2D eigenvalue weighted by molar-refractivity contribution is 5.85. The number of ether oxygens (including phenoxy) is 3. The third-order valence-electron chi connectivity index (χ3n) is 5.24. The molecule has 1 fully saturated rings. The summed E-state index contributed by atoms with van der Waals surface area (Å²) in [6, 6.07) is 13.0. The van der Waals surface area contributed by atoms with Crippen molar-refractivity contribution in [2.45, 2.75) is 19.1 Å². The Labute approximate surface area is 184 Å². The second-order valence-electron chi connectivity index (χ2n) is 7.32. The summed E-state index contributed by atoms with van der Waals surface area (Å²) in [6.07, 6.45) is 1.27. The van der Waals surface area contributed by atoms with Gasteiger partial charge in [-0.2, -0.15) is 5.10 Å². The summed E-state index contributed by atoms with van der Waals surface area (Å²) in [5.41, 5.74) is 1.92. The van der Waals surface area contributed by atoms with E-state index in [-0.39, 0.29) is 24.9 Å². The first-order chi connectivity index (χ1) is 15.5. The van der Waals surface area contributed by atoms with Gasteiger partial charge in [0.25, 0.3) is 0 Å². The van der Waals surface area contributed by atoms with E-state index in [0.717, 1.165) is 22.6 Å². The summed E-state index contributed by atoms with van der Waals surface area (Å²) in [6.45, 7) is 1.59. The fourth-order valence-electron chi connectivity index (χ4n) is 3.64. The number of rotatable bonds is 8. The lowest BCUT2D eigenvalue weighted by Gasteiger charge is -2.20. The van der Waals surface area contributed by atoms with Crippen molar-refractivity contribution >= 4 is 11.8 Å². The van der Waals surface area contributed by atoms with Gasteiger partial charge in [-0.25, -0.2) is 9.18 Å². The van der Waals surface area contributed by atoms with Crippen LogP contribution in [0.1, 0.15) is 6.42 Å². The molecular formula is C23H24FN3O5. The Balaban J connectivity index is 1.54. The van der Waals surface area contributed by atoms with E-state index in [2.05, 4.69) is 5.10 Å². The van der Waals surface area contributed by atoms with Crippen LogP contribution < -0.4 is 14.4 Å². The van der Waals surface area contributed by atoms with E-state index in [1.54, 1.807) is 24.1 Å². The van der Waals surface area contributed by atoms with E-state index in [4.69, 9.17) is 14.2 Å². The summed E-state index contributed by atoms with van der Waals surface area (Å²) in [5, 5.41) is 13.9. The van der Waals surface area contributed by atoms with Gasteiger partial charge < -0.3 is 19.3 Å². The molecule has 2 heterocycles. The molecule has 1 aliphatic heterocycles. The number of carboxylic acid groups (broad SMARTS) is 1. The summed E-state index contributed by atoms with van der Waals surface area (Å²) in [7, 11) is 1.59. The molecule has 0 aliphatic carbocycles. The van der Waals surface area contributed by atoms with Crippen LogP contribution >= 0.6 is 0 Å². The first-order valence-electron chi connectivity index (χ1n) is 10.3. The number of hydrogen-bond acceptors (Lipinski definition) is 5. The molecular weight excluding hydrogens is 417 g/mol. The van der Waals surface area contributed by atoms with Crippen molar-refractivity contribution < 1.29 is 28.5 Å². The van der Waals surface area contributed by atoms with Crippen LogP contribution in [0.2, 0.25) is 0 Å². The smallest absolute Gasteiger partial charge is 0.411 e. The molecule has 1 N–H and O–H groups in total. The highest BCUT2D eigenvalue weighted by atomic mass is 19.1. The summed E-state index contributed by atoms with van der Waals surface area (Å²) in [5.74, 6) is 0.738. The third-order valence-corrected chi connectivity index (χ3v) is 5.24. The van der Waals surface area contributed by atoms with Crippen LogP contribution in [0.15, 0.2) is 54.7 Å². The van der Waals surface area contributed by atoms with Crippen LogP contribution in [-0.4, -0.2) is 54.0 Å². The Hall–Kier alpha value is -3.59. The van der Waals surface area contributed by atoms with Gasteiger partial charge in [-0.1, -0.05) is 6.07 Å². The van der Waals surface area contributed by atoms with Crippen molar-refractivity contribution in [1.82, 2.24) is 9.78 Å². The number of anilines is 1. The Bertz CT molecular complexity index is 1080. The number of halogens is 1. The number of hydrogen-bond donors (Lipinski definition) is 1. The third kappa shape index (κ3) is 4.83. The fraction of sp³-hybridized carbons (Fsp3) is 0.304. The Morgan fingerprint density at radius 1 is 1.28 bits per heavy atom. The molecule has 1 atom stereocenters. The largest absolute Gasteiger partial charge is 0.493 e. The molecule has 3 aromatic rings. The highest BCUT2D eigenvalue weighted by Gasteiger charge is 2.20. The molecule has 0 bridgehead atoms. The van der Waals surface area contributed by atoms with Gasteiger partial charge in [0.1, 0.15) is 11.9 Å². The van der Waals surface area contributed by atoms with E-state index in [0.29, 0.717) is 24.7 Å². The van der Waals surface area contributed by atoms with Gasteiger partial charge in [-0.15, -0.1) is 0 Å². The molecule has 0 spiro atoms. The van der Waals surface area contributed by atoms with Crippen LogP contribution in [0.25, 0.3) is 11.3 Å². The normalized spacial score (nSPS) is 15.5. The van der Waals surface area contributed by atoms with Crippen LogP contribution in [0.4, 0.5) is 14.9 Å². The van der Waals surface area contributed by atoms with Crippen molar-refractivity contribution in [3.05, 3.63) is 60.5 Å². The van der Waals surface area contributed by atoms with E-state index in [1.165, 1.54) is 18.2 Å². The van der Waals surface area contributed by atoms with Gasteiger partial charge in [0.2, 0.25) is 0 Å². The number of nitrogens with zero attached hydrogens (tertiary/aromatic N) is 3. The fourth-order valence-corrected chi connectivity index (χ4v) is 3.64. The topological polar surface area (TPSA) is 86.1 Å². The number of aromatic nitrogens is 2. The molecule has 1 saturated heterocycles. The number of carbonyl (C=O) groups is 1. The molecule has 8 nitrogen and oxygen atoms in total. The van der Waals surface area contributed by atoms with Crippen LogP contribution in [0.3, 0.4) is 0 Å². The zero-order valence-electron chi connectivity index (χ0n) is 17.6. The van der Waals surface area contributed by atoms with Crippen molar-refractivity contribution in [2.24, 2.45) is 0 Å². The van der Waals surface area contributed by atoms with Crippen LogP contribution in [0.5, 0.6) is 11.5 Å². The minimum atomic E-state index is -1.16. The molecule has 0 saturated carbocycles. The van der Waals surface area contributed by atoms with E-state index in [9.17, 15) is 14.3 Å². The first kappa shape index (κ1) is 21.6. The van der Waals surface area contributed by atoms with E-state index < -0.39 is 11.9 Å². The Morgan fingerprint density at radius 2 is 2.16 bits per heavy atom. The van der Waals surface area contributed by atoms with Gasteiger partial charge >= 0.3 is 6.09 Å². The van der Waals surface area contributed by atoms with Crippen LogP contribution in [-0.2, 0) is 11.3 Å². The second kappa shape index (κ2) is 9.69.